The molecule has 1 aliphatic heterocycles. The van der Waals surface area contributed by atoms with Crippen LogP contribution in [0.4, 0.5) is 5.13 Å². The van der Waals surface area contributed by atoms with Crippen molar-refractivity contribution in [2.45, 2.75) is 13.8 Å². The van der Waals surface area contributed by atoms with Gasteiger partial charge in [-0.25, -0.2) is 4.98 Å². The van der Waals surface area contributed by atoms with Gasteiger partial charge >= 0.3 is 0 Å². The molecule has 6 heteroatoms. The summed E-state index contributed by atoms with van der Waals surface area (Å²) < 4.78 is 1.85. The van der Waals surface area contributed by atoms with E-state index in [1.807, 2.05) is 43.4 Å². The first-order valence-corrected chi connectivity index (χ1v) is 8.00. The smallest absolute Gasteiger partial charge is 0.274 e. The van der Waals surface area contributed by atoms with Gasteiger partial charge < -0.3 is 4.31 Å². The van der Waals surface area contributed by atoms with Crippen molar-refractivity contribution in [1.29, 1.82) is 0 Å². The standard InChI is InChI=1S/C15H17N3OS2/c1-5-7-13-11(6-2)8-12(18(4)21-13)14(19)17-15-16-9-10(3)20-15/h5-9H,2H2,1,3-4H3,(H,16,17,19). The lowest BCUT2D eigenvalue weighted by molar-refractivity contribution is -0.113. The molecule has 1 N–H and O–H groups in total. The third kappa shape index (κ3) is 3.65. The van der Waals surface area contributed by atoms with E-state index in [0.29, 0.717) is 10.8 Å². The van der Waals surface area contributed by atoms with E-state index in [1.165, 1.54) is 23.3 Å². The van der Waals surface area contributed by atoms with E-state index < -0.39 is 0 Å². The maximum absolute atomic E-state index is 12.4. The number of nitrogens with zero attached hydrogens (tertiary/aromatic N) is 2. The minimum Gasteiger partial charge on any atom is -0.310 e. The van der Waals surface area contributed by atoms with Crippen LogP contribution in [0.15, 0.2) is 53.3 Å². The molecule has 1 aliphatic rings. The number of likely N-dealkylation sites (N-methyl/N-ethyl adjacent to an activating group) is 1. The predicted octanol–water partition coefficient (Wildman–Crippen LogP) is 3.88. The molecule has 0 saturated carbocycles. The minimum absolute atomic E-state index is 0.168. The number of carbonyl (C=O) groups is 1. The van der Waals surface area contributed by atoms with Crippen LogP contribution in [-0.2, 0) is 4.79 Å². The number of rotatable bonds is 4. The largest absolute Gasteiger partial charge is 0.310 e. The van der Waals surface area contributed by atoms with Gasteiger partial charge in [0.15, 0.2) is 5.13 Å². The van der Waals surface area contributed by atoms with E-state index in [1.54, 1.807) is 12.3 Å². The molecule has 0 atom stereocenters. The fourth-order valence-electron chi connectivity index (χ4n) is 1.78. The summed E-state index contributed by atoms with van der Waals surface area (Å²) in [6.45, 7) is 7.73. The molecule has 0 aromatic carbocycles. The molecule has 0 spiro atoms. The summed E-state index contributed by atoms with van der Waals surface area (Å²) in [5.74, 6) is -0.168. The minimum atomic E-state index is -0.168. The van der Waals surface area contributed by atoms with E-state index >= 15 is 0 Å². The van der Waals surface area contributed by atoms with Gasteiger partial charge in [-0.2, -0.15) is 0 Å². The van der Waals surface area contributed by atoms with Gasteiger partial charge in [-0.1, -0.05) is 24.8 Å². The molecule has 0 saturated heterocycles. The molecule has 0 bridgehead atoms. The van der Waals surface area contributed by atoms with E-state index in [4.69, 9.17) is 0 Å². The molecule has 2 rings (SSSR count). The zero-order valence-corrected chi connectivity index (χ0v) is 13.8. The Kier molecular flexibility index (Phi) is 5.03. The number of thiazole rings is 1. The number of anilines is 1. The molecule has 1 aromatic rings. The molecule has 0 radical (unpaired) electrons. The first-order chi connectivity index (χ1) is 10.0. The van der Waals surface area contributed by atoms with Crippen LogP contribution in [0.2, 0.25) is 0 Å². The number of amides is 1. The number of nitrogens with one attached hydrogen (secondary N) is 1. The Hall–Kier alpha value is -1.79. The summed E-state index contributed by atoms with van der Waals surface area (Å²) in [5.41, 5.74) is 1.52. The van der Waals surface area contributed by atoms with Crippen LogP contribution in [0.3, 0.4) is 0 Å². The summed E-state index contributed by atoms with van der Waals surface area (Å²) in [6, 6.07) is 0. The average Bonchev–Trinajstić information content (AvgIpc) is 2.84. The fourth-order valence-corrected chi connectivity index (χ4v) is 3.41. The van der Waals surface area contributed by atoms with Crippen molar-refractivity contribution in [1.82, 2.24) is 9.29 Å². The number of aryl methyl sites for hydroxylation is 1. The lowest BCUT2D eigenvalue weighted by Gasteiger charge is -2.25. The molecule has 0 fully saturated rings. The molecule has 2 heterocycles. The van der Waals surface area contributed by atoms with Crippen molar-refractivity contribution in [3.8, 4) is 0 Å². The Labute approximate surface area is 133 Å². The molecule has 1 amide bonds. The number of hydrogen-bond acceptors (Lipinski definition) is 5. The van der Waals surface area contributed by atoms with Gasteiger partial charge in [-0.05, 0) is 37.4 Å². The first-order valence-electron chi connectivity index (χ1n) is 6.41. The molecular weight excluding hydrogens is 302 g/mol. The highest BCUT2D eigenvalue weighted by atomic mass is 32.2. The molecule has 21 heavy (non-hydrogen) atoms. The van der Waals surface area contributed by atoms with E-state index in [9.17, 15) is 4.79 Å². The third-order valence-corrected chi connectivity index (χ3v) is 4.63. The monoisotopic (exact) mass is 319 g/mol. The van der Waals surface area contributed by atoms with Crippen LogP contribution in [0.5, 0.6) is 0 Å². The summed E-state index contributed by atoms with van der Waals surface area (Å²) in [4.78, 5) is 18.6. The second-order valence-corrected chi connectivity index (χ2v) is 6.78. The van der Waals surface area contributed by atoms with Crippen LogP contribution < -0.4 is 5.32 Å². The molecule has 4 nitrogen and oxygen atoms in total. The van der Waals surface area contributed by atoms with Crippen LogP contribution in [0, 0.1) is 6.92 Å². The van der Waals surface area contributed by atoms with Crippen molar-refractivity contribution < 1.29 is 4.79 Å². The van der Waals surface area contributed by atoms with Crippen molar-refractivity contribution >= 4 is 34.3 Å². The molecule has 0 unspecified atom stereocenters. The van der Waals surface area contributed by atoms with Crippen LogP contribution in [-0.4, -0.2) is 22.2 Å². The highest BCUT2D eigenvalue weighted by Crippen LogP contribution is 2.34. The Morgan fingerprint density at radius 1 is 1.52 bits per heavy atom. The summed E-state index contributed by atoms with van der Waals surface area (Å²) >= 11 is 2.96. The first kappa shape index (κ1) is 15.6. The summed E-state index contributed by atoms with van der Waals surface area (Å²) in [6.07, 6.45) is 9.32. The number of aromatic nitrogens is 1. The second-order valence-electron chi connectivity index (χ2n) is 4.37. The quantitative estimate of drug-likeness (QED) is 0.855. The third-order valence-electron chi connectivity index (χ3n) is 2.76. The Bertz CT molecular complexity index is 656. The maximum Gasteiger partial charge on any atom is 0.274 e. The van der Waals surface area contributed by atoms with E-state index in [0.717, 1.165) is 15.4 Å². The predicted molar refractivity (Wildman–Crippen MR) is 91.0 cm³/mol. The fraction of sp³-hybridized carbons (Fsp3) is 0.200. The van der Waals surface area contributed by atoms with Gasteiger partial charge in [-0.15, -0.1) is 11.3 Å². The van der Waals surface area contributed by atoms with Crippen LogP contribution >= 0.6 is 23.3 Å². The van der Waals surface area contributed by atoms with E-state index in [2.05, 4.69) is 16.9 Å². The Morgan fingerprint density at radius 2 is 2.29 bits per heavy atom. The van der Waals surface area contributed by atoms with E-state index in [-0.39, 0.29) is 5.91 Å². The van der Waals surface area contributed by atoms with Crippen molar-refractivity contribution in [3.63, 3.8) is 0 Å². The van der Waals surface area contributed by atoms with Gasteiger partial charge in [-0.3, -0.25) is 10.1 Å². The van der Waals surface area contributed by atoms with Crippen LogP contribution in [0.25, 0.3) is 0 Å². The Balaban J connectivity index is 2.25. The van der Waals surface area contributed by atoms with Crippen LogP contribution in [0.1, 0.15) is 11.8 Å². The molecule has 110 valence electrons. The lowest BCUT2D eigenvalue weighted by Crippen LogP contribution is -2.25. The van der Waals surface area contributed by atoms with Gasteiger partial charge in [0.2, 0.25) is 0 Å². The zero-order valence-electron chi connectivity index (χ0n) is 12.2. The average molecular weight is 319 g/mol. The van der Waals surface area contributed by atoms with Gasteiger partial charge in [0.25, 0.3) is 5.91 Å². The number of hydrogen-bond donors (Lipinski definition) is 1. The number of allylic oxidation sites excluding steroid dienone is 5. The topological polar surface area (TPSA) is 45.2 Å². The molecule has 1 aromatic heterocycles. The number of carbonyl (C=O) groups excluding carboxylic acids is 1. The van der Waals surface area contributed by atoms with Gasteiger partial charge in [0, 0.05) is 23.0 Å². The molecular formula is C15H17N3OS2. The summed E-state index contributed by atoms with van der Waals surface area (Å²) in [7, 11) is 1.87. The summed E-state index contributed by atoms with van der Waals surface area (Å²) in [5, 5.41) is 3.44. The van der Waals surface area contributed by atoms with Crippen molar-refractivity contribution in [2.24, 2.45) is 0 Å². The highest BCUT2D eigenvalue weighted by molar-refractivity contribution is 8.01. The lowest BCUT2D eigenvalue weighted by atomic mass is 10.2. The SMILES string of the molecule is C=CC1=C(C=CC)SN(C)C(C(=O)Nc2ncc(C)s2)=C1. The second kappa shape index (κ2) is 6.78. The van der Waals surface area contributed by atoms with Crippen molar-refractivity contribution in [2.75, 3.05) is 12.4 Å². The van der Waals surface area contributed by atoms with Crippen molar-refractivity contribution in [3.05, 3.63) is 58.1 Å². The molecule has 0 aliphatic carbocycles. The van der Waals surface area contributed by atoms with Gasteiger partial charge in [0.1, 0.15) is 5.70 Å². The highest BCUT2D eigenvalue weighted by Gasteiger charge is 2.22. The van der Waals surface area contributed by atoms with Gasteiger partial charge in [0.05, 0.1) is 0 Å². The normalized spacial score (nSPS) is 15.4. The Morgan fingerprint density at radius 3 is 2.86 bits per heavy atom. The maximum atomic E-state index is 12.4. The zero-order chi connectivity index (χ0) is 15.4.